The summed E-state index contributed by atoms with van der Waals surface area (Å²) in [5.74, 6) is 0.473. The van der Waals surface area contributed by atoms with Gasteiger partial charge in [0.15, 0.2) is 0 Å². The van der Waals surface area contributed by atoms with E-state index in [2.05, 4.69) is 12.6 Å². The highest BCUT2D eigenvalue weighted by Gasteiger charge is 2.01. The fourth-order valence-corrected chi connectivity index (χ4v) is 1.31. The lowest BCUT2D eigenvalue weighted by molar-refractivity contribution is -0.115. The molecule has 0 aliphatic rings. The lowest BCUT2D eigenvalue weighted by Gasteiger charge is -2.12. The van der Waals surface area contributed by atoms with Gasteiger partial charge in [0.05, 0.1) is 0 Å². The van der Waals surface area contributed by atoms with Crippen molar-refractivity contribution in [3.8, 4) is 0 Å². The van der Waals surface area contributed by atoms with Crippen molar-refractivity contribution in [2.75, 3.05) is 24.7 Å². The number of thiol groups is 1. The van der Waals surface area contributed by atoms with Crippen LogP contribution < -0.4 is 4.90 Å². The maximum absolute atomic E-state index is 11.1. The Bertz CT molecular complexity index is 306. The monoisotopic (exact) mass is 209 g/mol. The molecule has 0 aliphatic carbocycles. The van der Waals surface area contributed by atoms with E-state index in [0.29, 0.717) is 12.2 Å². The number of ketones is 1. The van der Waals surface area contributed by atoms with Crippen LogP contribution in [0.2, 0.25) is 0 Å². The van der Waals surface area contributed by atoms with Crippen LogP contribution in [0.4, 0.5) is 5.69 Å². The van der Waals surface area contributed by atoms with Crippen molar-refractivity contribution in [3.05, 3.63) is 29.8 Å². The van der Waals surface area contributed by atoms with E-state index in [0.717, 1.165) is 11.3 Å². The van der Waals surface area contributed by atoms with Gasteiger partial charge in [0.2, 0.25) is 0 Å². The molecule has 0 aliphatic heterocycles. The van der Waals surface area contributed by atoms with Crippen molar-refractivity contribution in [2.24, 2.45) is 0 Å². The molecule has 0 unspecified atom stereocenters. The minimum absolute atomic E-state index is 0.158. The second-order valence-corrected chi connectivity index (χ2v) is 3.75. The third-order valence-corrected chi connectivity index (χ3v) is 2.38. The fraction of sp³-hybridized carbons (Fsp3) is 0.364. The molecule has 0 saturated heterocycles. The summed E-state index contributed by atoms with van der Waals surface area (Å²) in [6, 6.07) is 8.00. The first-order chi connectivity index (χ1) is 6.63. The third-order valence-electron chi connectivity index (χ3n) is 2.03. The maximum atomic E-state index is 11.1. The van der Waals surface area contributed by atoms with Crippen LogP contribution in [0.25, 0.3) is 0 Å². The lowest BCUT2D eigenvalue weighted by atomic mass is 10.1. The second-order valence-electron chi connectivity index (χ2n) is 3.43. The van der Waals surface area contributed by atoms with Crippen LogP contribution in [-0.2, 0) is 11.2 Å². The number of carbonyl (C=O) groups excluding carboxylic acids is 1. The predicted molar refractivity (Wildman–Crippen MR) is 63.3 cm³/mol. The summed E-state index contributed by atoms with van der Waals surface area (Å²) in [4.78, 5) is 13.1. The van der Waals surface area contributed by atoms with Gasteiger partial charge in [-0.1, -0.05) is 12.1 Å². The van der Waals surface area contributed by atoms with Gasteiger partial charge >= 0.3 is 0 Å². The molecule has 0 fully saturated rings. The number of benzene rings is 1. The third kappa shape index (κ3) is 3.07. The maximum Gasteiger partial charge on any atom is 0.146 e. The quantitative estimate of drug-likeness (QED) is 0.763. The Kier molecular flexibility index (Phi) is 4.01. The van der Waals surface area contributed by atoms with Crippen LogP contribution in [0.15, 0.2) is 24.3 Å². The normalized spacial score (nSPS) is 9.93. The number of hydrogen-bond donors (Lipinski definition) is 1. The van der Waals surface area contributed by atoms with Crippen molar-refractivity contribution < 1.29 is 4.79 Å². The summed E-state index contributed by atoms with van der Waals surface area (Å²) >= 11 is 3.94. The van der Waals surface area contributed by atoms with E-state index in [4.69, 9.17) is 0 Å². The number of anilines is 1. The molecule has 0 radical (unpaired) electrons. The highest BCUT2D eigenvalue weighted by Crippen LogP contribution is 2.12. The minimum atomic E-state index is 0.158. The first kappa shape index (κ1) is 11.1. The Morgan fingerprint density at radius 2 is 1.86 bits per heavy atom. The molecule has 0 heterocycles. The molecule has 0 bridgehead atoms. The minimum Gasteiger partial charge on any atom is -0.378 e. The molecule has 0 spiro atoms. The first-order valence-electron chi connectivity index (χ1n) is 4.52. The Morgan fingerprint density at radius 1 is 1.29 bits per heavy atom. The molecule has 14 heavy (non-hydrogen) atoms. The predicted octanol–water partition coefficient (Wildman–Crippen LogP) is 1.79. The average molecular weight is 209 g/mol. The topological polar surface area (TPSA) is 20.3 Å². The molecule has 3 heteroatoms. The van der Waals surface area contributed by atoms with E-state index in [9.17, 15) is 4.79 Å². The van der Waals surface area contributed by atoms with E-state index >= 15 is 0 Å². The second kappa shape index (κ2) is 5.05. The summed E-state index contributed by atoms with van der Waals surface area (Å²) in [6.45, 7) is 0. The van der Waals surface area contributed by atoms with Gasteiger partial charge < -0.3 is 4.90 Å². The SMILES string of the molecule is CN(C)c1ccc(CC(=O)CS)cc1. The number of carbonyl (C=O) groups is 1. The van der Waals surface area contributed by atoms with Gasteiger partial charge in [0, 0.05) is 32.0 Å². The molecule has 1 rings (SSSR count). The van der Waals surface area contributed by atoms with Crippen molar-refractivity contribution in [1.82, 2.24) is 0 Å². The number of Topliss-reactive ketones (excluding diaryl/α,β-unsaturated/α-hetero) is 1. The van der Waals surface area contributed by atoms with Gasteiger partial charge in [-0.15, -0.1) is 0 Å². The molecular formula is C11H15NOS. The van der Waals surface area contributed by atoms with Crippen LogP contribution in [0.5, 0.6) is 0 Å². The van der Waals surface area contributed by atoms with E-state index in [-0.39, 0.29) is 5.78 Å². The number of hydrogen-bond acceptors (Lipinski definition) is 3. The van der Waals surface area contributed by atoms with Crippen LogP contribution in [0.3, 0.4) is 0 Å². The van der Waals surface area contributed by atoms with Crippen LogP contribution in [0.1, 0.15) is 5.56 Å². The molecule has 0 atom stereocenters. The molecule has 1 aromatic rings. The molecule has 1 aromatic carbocycles. The zero-order valence-electron chi connectivity index (χ0n) is 8.53. The van der Waals surface area contributed by atoms with E-state index in [1.807, 2.05) is 43.3 Å². The Balaban J connectivity index is 2.69. The van der Waals surface area contributed by atoms with Crippen molar-refractivity contribution in [1.29, 1.82) is 0 Å². The largest absolute Gasteiger partial charge is 0.378 e. The summed E-state index contributed by atoms with van der Waals surface area (Å²) in [5, 5.41) is 0. The van der Waals surface area contributed by atoms with Gasteiger partial charge in [-0.2, -0.15) is 12.6 Å². The average Bonchev–Trinajstić information content (AvgIpc) is 2.18. The van der Waals surface area contributed by atoms with Gasteiger partial charge in [-0.25, -0.2) is 0 Å². The van der Waals surface area contributed by atoms with Crippen molar-refractivity contribution in [2.45, 2.75) is 6.42 Å². The first-order valence-corrected chi connectivity index (χ1v) is 5.15. The molecular weight excluding hydrogens is 194 g/mol. The lowest BCUT2D eigenvalue weighted by Crippen LogP contribution is -2.09. The summed E-state index contributed by atoms with van der Waals surface area (Å²) < 4.78 is 0. The zero-order chi connectivity index (χ0) is 10.6. The fourth-order valence-electron chi connectivity index (χ4n) is 1.20. The van der Waals surface area contributed by atoms with E-state index in [1.54, 1.807) is 0 Å². The van der Waals surface area contributed by atoms with E-state index in [1.165, 1.54) is 0 Å². The van der Waals surface area contributed by atoms with Gasteiger partial charge in [0.1, 0.15) is 5.78 Å². The summed E-state index contributed by atoms with van der Waals surface area (Å²) in [7, 11) is 3.99. The highest BCUT2D eigenvalue weighted by atomic mass is 32.1. The zero-order valence-corrected chi connectivity index (χ0v) is 9.42. The summed E-state index contributed by atoms with van der Waals surface area (Å²) in [6.07, 6.45) is 0.483. The van der Waals surface area contributed by atoms with Crippen LogP contribution in [0, 0.1) is 0 Å². The molecule has 76 valence electrons. The van der Waals surface area contributed by atoms with E-state index < -0.39 is 0 Å². The molecule has 0 amide bonds. The van der Waals surface area contributed by atoms with Crippen LogP contribution >= 0.6 is 12.6 Å². The smallest absolute Gasteiger partial charge is 0.146 e. The number of nitrogens with zero attached hydrogens (tertiary/aromatic N) is 1. The summed E-state index contributed by atoms with van der Waals surface area (Å²) in [5.41, 5.74) is 2.20. The molecule has 2 nitrogen and oxygen atoms in total. The number of rotatable bonds is 4. The van der Waals surface area contributed by atoms with Crippen molar-refractivity contribution >= 4 is 24.1 Å². The molecule has 0 N–H and O–H groups in total. The van der Waals surface area contributed by atoms with Gasteiger partial charge in [0.25, 0.3) is 0 Å². The standard InChI is InChI=1S/C11H15NOS/c1-12(2)10-5-3-9(4-6-10)7-11(13)8-14/h3-6,14H,7-8H2,1-2H3. The molecule has 0 aromatic heterocycles. The van der Waals surface area contributed by atoms with Crippen LogP contribution in [-0.4, -0.2) is 25.6 Å². The highest BCUT2D eigenvalue weighted by molar-refractivity contribution is 7.81. The Hall–Kier alpha value is -0.960. The van der Waals surface area contributed by atoms with Gasteiger partial charge in [-0.3, -0.25) is 4.79 Å². The Labute approximate surface area is 90.3 Å². The molecule has 0 saturated carbocycles. The Morgan fingerprint density at radius 3 is 2.29 bits per heavy atom. The van der Waals surface area contributed by atoms with Crippen molar-refractivity contribution in [3.63, 3.8) is 0 Å². The van der Waals surface area contributed by atoms with Gasteiger partial charge in [-0.05, 0) is 17.7 Å².